The molecule has 126 valence electrons. The molecule has 2 aromatic rings. The molecule has 0 N–H and O–H groups in total. The molecule has 0 saturated heterocycles. The maximum absolute atomic E-state index is 12.5. The molecule has 25 heavy (non-hydrogen) atoms. The smallest absolute Gasteiger partial charge is 0.251 e. The summed E-state index contributed by atoms with van der Waals surface area (Å²) in [5.74, 6) is 1.18. The van der Waals surface area contributed by atoms with Gasteiger partial charge in [0.2, 0.25) is 0 Å². The molecule has 4 heteroatoms. The summed E-state index contributed by atoms with van der Waals surface area (Å²) in [6, 6.07) is 15.5. The van der Waals surface area contributed by atoms with Crippen LogP contribution < -0.4 is 4.90 Å². The van der Waals surface area contributed by atoms with E-state index in [1.165, 1.54) is 0 Å². The highest BCUT2D eigenvalue weighted by molar-refractivity contribution is 6.17. The zero-order valence-corrected chi connectivity index (χ0v) is 14.4. The molecule has 1 aliphatic carbocycles. The molecule has 1 aliphatic heterocycles. The van der Waals surface area contributed by atoms with E-state index >= 15 is 0 Å². The Morgan fingerprint density at radius 3 is 2.60 bits per heavy atom. The first-order chi connectivity index (χ1) is 12.0. The van der Waals surface area contributed by atoms with Crippen molar-refractivity contribution in [1.82, 2.24) is 0 Å². The molecule has 1 heterocycles. The van der Waals surface area contributed by atoms with Gasteiger partial charge in [-0.25, -0.2) is 0 Å². The molecule has 0 unspecified atom stereocenters. The first kappa shape index (κ1) is 15.8. The number of hydrogen-bond donors (Lipinski definition) is 0. The second-order valence-electron chi connectivity index (χ2n) is 6.94. The molecule has 0 radical (unpaired) electrons. The Morgan fingerprint density at radius 1 is 1.12 bits per heavy atom. The van der Waals surface area contributed by atoms with Crippen molar-refractivity contribution in [3.63, 3.8) is 0 Å². The summed E-state index contributed by atoms with van der Waals surface area (Å²) in [6.07, 6.45) is 0.928. The predicted molar refractivity (Wildman–Crippen MR) is 97.9 cm³/mol. The van der Waals surface area contributed by atoms with Crippen molar-refractivity contribution in [1.29, 1.82) is 0 Å². The Hall–Kier alpha value is -2.75. The number of rotatable bonds is 3. The molecule has 0 spiro atoms. The summed E-state index contributed by atoms with van der Waals surface area (Å²) < 4.78 is 0. The van der Waals surface area contributed by atoms with Crippen LogP contribution in [0, 0.1) is 11.8 Å². The summed E-state index contributed by atoms with van der Waals surface area (Å²) in [6.45, 7) is 4.30. The SMILES string of the molecule is CC(=O)c1cccc(N2Cc3ccccc3C2=NC(=O)[C@H]2C[C@H]2C)c1. The number of hydrogen-bond acceptors (Lipinski definition) is 2. The fourth-order valence-corrected chi connectivity index (χ4v) is 3.35. The summed E-state index contributed by atoms with van der Waals surface area (Å²) in [4.78, 5) is 30.7. The number of ketones is 1. The van der Waals surface area contributed by atoms with Gasteiger partial charge in [-0.3, -0.25) is 9.59 Å². The fraction of sp³-hybridized carbons (Fsp3) is 0.286. The zero-order valence-electron chi connectivity index (χ0n) is 14.4. The van der Waals surface area contributed by atoms with Crippen molar-refractivity contribution in [3.05, 3.63) is 65.2 Å². The van der Waals surface area contributed by atoms with Gasteiger partial charge in [0.05, 0.1) is 6.54 Å². The molecule has 1 amide bonds. The summed E-state index contributed by atoms with van der Waals surface area (Å²) in [7, 11) is 0. The summed E-state index contributed by atoms with van der Waals surface area (Å²) in [5, 5.41) is 0. The van der Waals surface area contributed by atoms with Crippen LogP contribution >= 0.6 is 0 Å². The second-order valence-corrected chi connectivity index (χ2v) is 6.94. The molecular weight excluding hydrogens is 312 g/mol. The van der Waals surface area contributed by atoms with Crippen LogP contribution in [0.1, 0.15) is 41.8 Å². The van der Waals surface area contributed by atoms with Gasteiger partial charge in [-0.2, -0.15) is 4.99 Å². The number of carbonyl (C=O) groups excluding carboxylic acids is 2. The van der Waals surface area contributed by atoms with E-state index < -0.39 is 0 Å². The van der Waals surface area contributed by atoms with Gasteiger partial charge in [0.1, 0.15) is 5.84 Å². The largest absolute Gasteiger partial charge is 0.321 e. The molecule has 1 saturated carbocycles. The maximum atomic E-state index is 12.5. The third-order valence-corrected chi connectivity index (χ3v) is 5.05. The Balaban J connectivity index is 1.76. The van der Waals surface area contributed by atoms with Crippen molar-refractivity contribution in [2.24, 2.45) is 16.8 Å². The molecule has 2 aromatic carbocycles. The number of amides is 1. The average Bonchev–Trinajstić information content (AvgIpc) is 3.24. The van der Waals surface area contributed by atoms with E-state index in [2.05, 4.69) is 18.0 Å². The second kappa shape index (κ2) is 5.96. The van der Waals surface area contributed by atoms with Gasteiger partial charge in [-0.15, -0.1) is 0 Å². The van der Waals surface area contributed by atoms with E-state index in [1.54, 1.807) is 6.92 Å². The molecular formula is C21H20N2O2. The minimum absolute atomic E-state index is 0.0277. The van der Waals surface area contributed by atoms with Gasteiger partial charge < -0.3 is 4.90 Å². The third kappa shape index (κ3) is 2.88. The van der Waals surface area contributed by atoms with Crippen LogP contribution in [0.25, 0.3) is 0 Å². The quantitative estimate of drug-likeness (QED) is 0.803. The predicted octanol–water partition coefficient (Wildman–Crippen LogP) is 3.84. The van der Waals surface area contributed by atoms with Crippen molar-refractivity contribution in [2.75, 3.05) is 4.90 Å². The van der Waals surface area contributed by atoms with Gasteiger partial charge in [0.25, 0.3) is 5.91 Å². The number of benzene rings is 2. The van der Waals surface area contributed by atoms with E-state index in [-0.39, 0.29) is 17.6 Å². The van der Waals surface area contributed by atoms with Crippen LogP contribution in [-0.2, 0) is 11.3 Å². The average molecular weight is 332 g/mol. The Bertz CT molecular complexity index is 900. The van der Waals surface area contributed by atoms with Crippen molar-refractivity contribution < 1.29 is 9.59 Å². The molecule has 4 rings (SSSR count). The highest BCUT2D eigenvalue weighted by atomic mass is 16.1. The lowest BCUT2D eigenvalue weighted by Crippen LogP contribution is -2.25. The van der Waals surface area contributed by atoms with Gasteiger partial charge >= 0.3 is 0 Å². The fourth-order valence-electron chi connectivity index (χ4n) is 3.35. The third-order valence-electron chi connectivity index (χ3n) is 5.05. The number of aliphatic imine (C=N–C) groups is 1. The van der Waals surface area contributed by atoms with Gasteiger partial charge in [-0.05, 0) is 37.0 Å². The topological polar surface area (TPSA) is 49.7 Å². The number of Topliss-reactive ketones (excluding diaryl/α,β-unsaturated/α-hetero) is 1. The highest BCUT2D eigenvalue weighted by Crippen LogP contribution is 2.39. The van der Waals surface area contributed by atoms with Crippen LogP contribution in [0.4, 0.5) is 5.69 Å². The Labute approximate surface area is 147 Å². The minimum Gasteiger partial charge on any atom is -0.321 e. The Morgan fingerprint density at radius 2 is 1.88 bits per heavy atom. The molecule has 0 bridgehead atoms. The van der Waals surface area contributed by atoms with Crippen LogP contribution in [0.5, 0.6) is 0 Å². The van der Waals surface area contributed by atoms with Crippen LogP contribution in [0.15, 0.2) is 53.5 Å². The number of carbonyl (C=O) groups is 2. The van der Waals surface area contributed by atoms with E-state index in [4.69, 9.17) is 0 Å². The number of anilines is 1. The number of fused-ring (bicyclic) bond motifs is 1. The first-order valence-electron chi connectivity index (χ1n) is 8.64. The van der Waals surface area contributed by atoms with Crippen molar-refractivity contribution in [2.45, 2.75) is 26.8 Å². The van der Waals surface area contributed by atoms with Crippen molar-refractivity contribution in [3.8, 4) is 0 Å². The normalized spacial score (nSPS) is 22.8. The van der Waals surface area contributed by atoms with Crippen LogP contribution in [0.2, 0.25) is 0 Å². The van der Waals surface area contributed by atoms with Crippen LogP contribution in [-0.4, -0.2) is 17.5 Å². The summed E-state index contributed by atoms with van der Waals surface area (Å²) >= 11 is 0. The van der Waals surface area contributed by atoms with Gasteiger partial charge in [0, 0.05) is 22.7 Å². The molecule has 1 fully saturated rings. The zero-order chi connectivity index (χ0) is 17.6. The molecule has 2 atom stereocenters. The number of amidine groups is 1. The number of nitrogens with zero attached hydrogens (tertiary/aromatic N) is 2. The van der Waals surface area contributed by atoms with E-state index in [0.717, 1.165) is 23.2 Å². The molecule has 0 aromatic heterocycles. The van der Waals surface area contributed by atoms with E-state index in [0.29, 0.717) is 23.9 Å². The van der Waals surface area contributed by atoms with Crippen molar-refractivity contribution >= 4 is 23.2 Å². The monoisotopic (exact) mass is 332 g/mol. The lowest BCUT2D eigenvalue weighted by molar-refractivity contribution is -0.119. The molecule has 2 aliphatic rings. The first-order valence-corrected chi connectivity index (χ1v) is 8.64. The Kier molecular flexibility index (Phi) is 3.75. The van der Waals surface area contributed by atoms with Gasteiger partial charge in [0.15, 0.2) is 5.78 Å². The molecule has 4 nitrogen and oxygen atoms in total. The minimum atomic E-state index is -0.0353. The summed E-state index contributed by atoms with van der Waals surface area (Å²) in [5.41, 5.74) is 3.69. The van der Waals surface area contributed by atoms with Gasteiger partial charge in [-0.1, -0.05) is 43.3 Å². The standard InChI is InChI=1S/C21H20N2O2/c1-13-10-19(13)21(25)22-20-18-9-4-3-6-16(18)12-23(20)17-8-5-7-15(11-17)14(2)24/h3-9,11,13,19H,10,12H2,1-2H3/t13-,19+/m1/s1. The van der Waals surface area contributed by atoms with Crippen LogP contribution in [0.3, 0.4) is 0 Å². The van der Waals surface area contributed by atoms with E-state index in [1.807, 2.05) is 47.4 Å². The maximum Gasteiger partial charge on any atom is 0.251 e. The highest BCUT2D eigenvalue weighted by Gasteiger charge is 2.40. The lowest BCUT2D eigenvalue weighted by atomic mass is 10.1. The van der Waals surface area contributed by atoms with E-state index in [9.17, 15) is 9.59 Å². The lowest BCUT2D eigenvalue weighted by Gasteiger charge is -2.19.